The summed E-state index contributed by atoms with van der Waals surface area (Å²) in [6.07, 6.45) is 1.83. The Kier molecular flexibility index (Phi) is 4.97. The molecular weight excluding hydrogens is 256 g/mol. The number of hydrazine groups is 1. The quantitative estimate of drug-likeness (QED) is 0.645. The van der Waals surface area contributed by atoms with Crippen molar-refractivity contribution in [2.75, 3.05) is 0 Å². The first kappa shape index (κ1) is 14.1. The molecule has 1 unspecified atom stereocenters. The van der Waals surface area contributed by atoms with Gasteiger partial charge in [-0.15, -0.1) is 0 Å². The number of rotatable bonds is 5. The molecule has 1 atom stereocenters. The van der Waals surface area contributed by atoms with E-state index in [0.717, 1.165) is 23.4 Å². The van der Waals surface area contributed by atoms with E-state index in [1.54, 1.807) is 0 Å². The van der Waals surface area contributed by atoms with Gasteiger partial charge in [-0.05, 0) is 35.6 Å². The molecule has 3 N–H and O–H groups in total. The van der Waals surface area contributed by atoms with E-state index < -0.39 is 0 Å². The van der Waals surface area contributed by atoms with Crippen molar-refractivity contribution in [1.82, 2.24) is 5.43 Å². The van der Waals surface area contributed by atoms with Crippen LogP contribution in [0.3, 0.4) is 0 Å². The monoisotopic (exact) mass is 274 g/mol. The van der Waals surface area contributed by atoms with Crippen molar-refractivity contribution in [3.63, 3.8) is 0 Å². The van der Waals surface area contributed by atoms with Crippen molar-refractivity contribution >= 4 is 11.6 Å². The Hall–Kier alpha value is -1.35. The molecule has 0 amide bonds. The summed E-state index contributed by atoms with van der Waals surface area (Å²) in [5, 5.41) is 0.785. The van der Waals surface area contributed by atoms with Crippen molar-refractivity contribution in [2.45, 2.75) is 25.8 Å². The first-order valence-corrected chi connectivity index (χ1v) is 6.90. The zero-order chi connectivity index (χ0) is 13.7. The number of nitrogens with two attached hydrogens (primary N) is 1. The highest BCUT2D eigenvalue weighted by Gasteiger charge is 2.12. The van der Waals surface area contributed by atoms with E-state index in [4.69, 9.17) is 17.4 Å². The van der Waals surface area contributed by atoms with Gasteiger partial charge in [0, 0.05) is 5.02 Å². The lowest BCUT2D eigenvalue weighted by molar-refractivity contribution is 0.552. The van der Waals surface area contributed by atoms with Gasteiger partial charge in [-0.1, -0.05) is 61.0 Å². The number of nitrogens with one attached hydrogen (secondary N) is 1. The summed E-state index contributed by atoms with van der Waals surface area (Å²) < 4.78 is 0. The third-order valence-corrected chi connectivity index (χ3v) is 3.74. The normalized spacial score (nSPS) is 12.4. The van der Waals surface area contributed by atoms with Crippen LogP contribution in [0.5, 0.6) is 0 Å². The molecule has 0 aromatic heterocycles. The molecule has 0 fully saturated rings. The molecule has 0 aliphatic carbocycles. The molecule has 0 spiro atoms. The van der Waals surface area contributed by atoms with Gasteiger partial charge >= 0.3 is 0 Å². The largest absolute Gasteiger partial charge is 0.271 e. The Bertz CT molecular complexity index is 523. The molecule has 100 valence electrons. The van der Waals surface area contributed by atoms with Gasteiger partial charge in [0.05, 0.1) is 6.04 Å². The summed E-state index contributed by atoms with van der Waals surface area (Å²) in [5.74, 6) is 5.68. The predicted molar refractivity (Wildman–Crippen MR) is 81.0 cm³/mol. The lowest BCUT2D eigenvalue weighted by Crippen LogP contribution is -2.29. The van der Waals surface area contributed by atoms with E-state index in [2.05, 4.69) is 36.6 Å². The van der Waals surface area contributed by atoms with Crippen molar-refractivity contribution in [3.8, 4) is 0 Å². The van der Waals surface area contributed by atoms with E-state index in [9.17, 15) is 0 Å². The molecule has 2 aromatic carbocycles. The van der Waals surface area contributed by atoms with E-state index >= 15 is 0 Å². The maximum Gasteiger partial charge on any atom is 0.0500 e. The van der Waals surface area contributed by atoms with Gasteiger partial charge in [0.1, 0.15) is 0 Å². The SMILES string of the molecule is CCc1ccc(C(Cc2ccccc2Cl)NN)cc1. The summed E-state index contributed by atoms with van der Waals surface area (Å²) in [4.78, 5) is 0. The van der Waals surface area contributed by atoms with Crippen molar-refractivity contribution in [2.24, 2.45) is 5.84 Å². The van der Waals surface area contributed by atoms with Crippen LogP contribution in [0.1, 0.15) is 29.7 Å². The van der Waals surface area contributed by atoms with E-state index in [1.807, 2.05) is 24.3 Å². The average Bonchev–Trinajstić information content (AvgIpc) is 2.47. The van der Waals surface area contributed by atoms with Gasteiger partial charge in [0.15, 0.2) is 0 Å². The highest BCUT2D eigenvalue weighted by molar-refractivity contribution is 6.31. The fraction of sp³-hybridized carbons (Fsp3) is 0.250. The van der Waals surface area contributed by atoms with Crippen LogP contribution in [0.25, 0.3) is 0 Å². The molecule has 19 heavy (non-hydrogen) atoms. The molecule has 0 aliphatic heterocycles. The number of halogens is 1. The predicted octanol–water partition coefficient (Wildman–Crippen LogP) is 3.65. The summed E-state index contributed by atoms with van der Waals surface area (Å²) in [6, 6.07) is 16.5. The van der Waals surface area contributed by atoms with Crippen LogP contribution in [0, 0.1) is 0 Å². The van der Waals surface area contributed by atoms with Crippen LogP contribution in [0.4, 0.5) is 0 Å². The van der Waals surface area contributed by atoms with Crippen LogP contribution in [-0.4, -0.2) is 0 Å². The molecule has 3 heteroatoms. The summed E-state index contributed by atoms with van der Waals surface area (Å²) >= 11 is 6.19. The Balaban J connectivity index is 2.17. The lowest BCUT2D eigenvalue weighted by atomic mass is 9.98. The lowest BCUT2D eigenvalue weighted by Gasteiger charge is -2.17. The fourth-order valence-electron chi connectivity index (χ4n) is 2.14. The standard InChI is InChI=1S/C16H19ClN2/c1-2-12-7-9-13(10-8-12)16(19-18)11-14-5-3-4-6-15(14)17/h3-10,16,19H,2,11,18H2,1H3. The van der Waals surface area contributed by atoms with Gasteiger partial charge in [-0.25, -0.2) is 0 Å². The van der Waals surface area contributed by atoms with Gasteiger partial charge in [0.2, 0.25) is 0 Å². The minimum Gasteiger partial charge on any atom is -0.271 e. The highest BCUT2D eigenvalue weighted by Crippen LogP contribution is 2.23. The van der Waals surface area contributed by atoms with E-state index in [1.165, 1.54) is 11.1 Å². The second kappa shape index (κ2) is 6.71. The molecule has 0 saturated heterocycles. The minimum absolute atomic E-state index is 0.0748. The van der Waals surface area contributed by atoms with Crippen molar-refractivity contribution in [3.05, 3.63) is 70.2 Å². The Labute approximate surface area is 119 Å². The van der Waals surface area contributed by atoms with Crippen molar-refractivity contribution in [1.29, 1.82) is 0 Å². The smallest absolute Gasteiger partial charge is 0.0500 e. The molecular formula is C16H19ClN2. The number of hydrogen-bond donors (Lipinski definition) is 2. The van der Waals surface area contributed by atoms with Gasteiger partial charge < -0.3 is 0 Å². The third-order valence-electron chi connectivity index (χ3n) is 3.37. The molecule has 2 rings (SSSR count). The molecule has 2 aromatic rings. The van der Waals surface area contributed by atoms with Gasteiger partial charge in [-0.2, -0.15) is 0 Å². The Morgan fingerprint density at radius 1 is 1.11 bits per heavy atom. The minimum atomic E-state index is 0.0748. The van der Waals surface area contributed by atoms with E-state index in [-0.39, 0.29) is 6.04 Å². The molecule has 2 nitrogen and oxygen atoms in total. The van der Waals surface area contributed by atoms with Crippen LogP contribution in [-0.2, 0) is 12.8 Å². The molecule has 0 radical (unpaired) electrons. The number of benzene rings is 2. The molecule has 0 aliphatic rings. The average molecular weight is 275 g/mol. The second-order valence-corrected chi connectivity index (χ2v) is 5.02. The highest BCUT2D eigenvalue weighted by atomic mass is 35.5. The Morgan fingerprint density at radius 2 is 1.79 bits per heavy atom. The van der Waals surface area contributed by atoms with E-state index in [0.29, 0.717) is 0 Å². The van der Waals surface area contributed by atoms with Crippen molar-refractivity contribution < 1.29 is 0 Å². The first-order valence-electron chi connectivity index (χ1n) is 6.53. The van der Waals surface area contributed by atoms with Crippen LogP contribution >= 0.6 is 11.6 Å². The summed E-state index contributed by atoms with van der Waals surface area (Å²) in [7, 11) is 0. The van der Waals surface area contributed by atoms with Crippen LogP contribution in [0.15, 0.2) is 48.5 Å². The second-order valence-electron chi connectivity index (χ2n) is 4.61. The van der Waals surface area contributed by atoms with Crippen LogP contribution in [0.2, 0.25) is 5.02 Å². The van der Waals surface area contributed by atoms with Gasteiger partial charge in [-0.3, -0.25) is 11.3 Å². The molecule has 0 heterocycles. The fourth-order valence-corrected chi connectivity index (χ4v) is 2.36. The molecule has 0 bridgehead atoms. The maximum absolute atomic E-state index is 6.19. The zero-order valence-corrected chi connectivity index (χ0v) is 11.8. The molecule has 0 saturated carbocycles. The summed E-state index contributed by atoms with van der Waals surface area (Å²) in [6.45, 7) is 2.15. The summed E-state index contributed by atoms with van der Waals surface area (Å²) in [5.41, 5.74) is 6.49. The first-order chi connectivity index (χ1) is 9.24. The van der Waals surface area contributed by atoms with Crippen LogP contribution < -0.4 is 11.3 Å². The number of hydrogen-bond acceptors (Lipinski definition) is 2. The maximum atomic E-state index is 6.19. The number of aryl methyl sites for hydroxylation is 1. The topological polar surface area (TPSA) is 38.0 Å². The Morgan fingerprint density at radius 3 is 2.37 bits per heavy atom. The zero-order valence-electron chi connectivity index (χ0n) is 11.1. The third kappa shape index (κ3) is 3.57. The van der Waals surface area contributed by atoms with Gasteiger partial charge in [0.25, 0.3) is 0 Å².